The highest BCUT2D eigenvalue weighted by Crippen LogP contribution is 2.39. The molecule has 0 aliphatic carbocycles. The molecule has 5 nitrogen and oxygen atoms in total. The molecule has 6 heteroatoms. The highest BCUT2D eigenvalue weighted by Gasteiger charge is 2.23. The van der Waals surface area contributed by atoms with E-state index in [2.05, 4.69) is 24.8 Å². The van der Waals surface area contributed by atoms with Crippen LogP contribution in [0.2, 0.25) is 0 Å². The number of fused-ring (bicyclic) bond motifs is 1. The molecule has 1 fully saturated rings. The lowest BCUT2D eigenvalue weighted by molar-refractivity contribution is -0.00545. The van der Waals surface area contributed by atoms with E-state index in [4.69, 9.17) is 19.4 Å². The molecule has 4 aromatic rings. The van der Waals surface area contributed by atoms with Gasteiger partial charge >= 0.3 is 0 Å². The summed E-state index contributed by atoms with van der Waals surface area (Å²) in [6.45, 7) is 5.82. The topological polar surface area (TPSA) is 47.5 Å². The second-order valence-electron chi connectivity index (χ2n) is 8.48. The fourth-order valence-electron chi connectivity index (χ4n) is 4.58. The number of hydrogen-bond acceptors (Lipinski definition) is 5. The molecule has 0 N–H and O–H groups in total. The minimum Gasteiger partial charge on any atom is -0.495 e. The Hall–Kier alpha value is -3.51. The van der Waals surface area contributed by atoms with E-state index in [1.807, 2.05) is 36.7 Å². The van der Waals surface area contributed by atoms with Gasteiger partial charge in [-0.3, -0.25) is 4.98 Å². The van der Waals surface area contributed by atoms with Crippen LogP contribution in [-0.2, 0) is 4.74 Å². The first-order valence-electron chi connectivity index (χ1n) is 11.1. The second-order valence-corrected chi connectivity index (χ2v) is 8.48. The summed E-state index contributed by atoms with van der Waals surface area (Å²) in [4.78, 5) is 11.8. The van der Waals surface area contributed by atoms with E-state index in [1.54, 1.807) is 19.2 Å². The number of para-hydroxylation sites is 1. The highest BCUT2D eigenvalue weighted by molar-refractivity contribution is 6.00. The number of hydrogen-bond donors (Lipinski definition) is 0. The first kappa shape index (κ1) is 21.3. The zero-order valence-electron chi connectivity index (χ0n) is 19.0. The standard InChI is InChI=1S/C27H26FN3O2/c1-17-15-31(16-18(2)33-17)25-12-9-20(13-29-25)24-14-30-26-22(19-7-10-21(28)11-8-19)5-4-6-23(26)27(24)32-3/h4-14,17-18H,15-16H2,1-3H3/t17-,18+. The fraction of sp³-hybridized carbons (Fsp3) is 0.259. The van der Waals surface area contributed by atoms with E-state index in [1.165, 1.54) is 12.1 Å². The Morgan fingerprint density at radius 1 is 0.879 bits per heavy atom. The Morgan fingerprint density at radius 3 is 2.27 bits per heavy atom. The third-order valence-corrected chi connectivity index (χ3v) is 6.01. The summed E-state index contributed by atoms with van der Waals surface area (Å²) in [6.07, 6.45) is 4.05. The van der Waals surface area contributed by atoms with Crippen LogP contribution in [0.25, 0.3) is 33.2 Å². The molecule has 1 aliphatic heterocycles. The molecule has 0 radical (unpaired) electrons. The van der Waals surface area contributed by atoms with Gasteiger partial charge in [0.05, 0.1) is 24.8 Å². The summed E-state index contributed by atoms with van der Waals surface area (Å²) in [5.41, 5.74) is 4.46. The van der Waals surface area contributed by atoms with Crippen molar-refractivity contribution in [3.05, 3.63) is 72.8 Å². The quantitative estimate of drug-likeness (QED) is 0.403. The zero-order chi connectivity index (χ0) is 22.9. The molecular weight excluding hydrogens is 417 g/mol. The van der Waals surface area contributed by atoms with Crippen LogP contribution in [0.15, 0.2) is 67.0 Å². The van der Waals surface area contributed by atoms with Crippen LogP contribution in [0.1, 0.15) is 13.8 Å². The lowest BCUT2D eigenvalue weighted by Gasteiger charge is -2.36. The summed E-state index contributed by atoms with van der Waals surface area (Å²) in [5, 5.41) is 0.900. The molecule has 2 aromatic heterocycles. The first-order valence-corrected chi connectivity index (χ1v) is 11.1. The van der Waals surface area contributed by atoms with Gasteiger partial charge in [0, 0.05) is 47.6 Å². The number of pyridine rings is 2. The van der Waals surface area contributed by atoms with Crippen LogP contribution in [0.3, 0.4) is 0 Å². The van der Waals surface area contributed by atoms with E-state index in [0.717, 1.165) is 57.8 Å². The van der Waals surface area contributed by atoms with Crippen LogP contribution >= 0.6 is 0 Å². The SMILES string of the molecule is COc1c(-c2ccc(N3C[C@@H](C)O[C@@H](C)C3)nc2)cnc2c(-c3ccc(F)cc3)cccc12. The predicted molar refractivity (Wildman–Crippen MR) is 129 cm³/mol. The molecule has 1 aliphatic rings. The average Bonchev–Trinajstić information content (AvgIpc) is 2.83. The van der Waals surface area contributed by atoms with Gasteiger partial charge in [-0.1, -0.05) is 24.3 Å². The molecule has 168 valence electrons. The summed E-state index contributed by atoms with van der Waals surface area (Å²) < 4.78 is 25.1. The van der Waals surface area contributed by atoms with Gasteiger partial charge in [-0.2, -0.15) is 0 Å². The minimum atomic E-state index is -0.260. The van der Waals surface area contributed by atoms with Crippen LogP contribution in [0, 0.1) is 5.82 Å². The summed E-state index contributed by atoms with van der Waals surface area (Å²) in [5.74, 6) is 1.42. The number of aromatic nitrogens is 2. The van der Waals surface area contributed by atoms with E-state index in [9.17, 15) is 4.39 Å². The van der Waals surface area contributed by atoms with E-state index in [-0.39, 0.29) is 18.0 Å². The van der Waals surface area contributed by atoms with Crippen molar-refractivity contribution in [3.8, 4) is 28.0 Å². The molecule has 5 rings (SSSR count). The maximum atomic E-state index is 13.4. The van der Waals surface area contributed by atoms with Gasteiger partial charge in [0.25, 0.3) is 0 Å². The van der Waals surface area contributed by atoms with Crippen molar-refractivity contribution in [1.82, 2.24) is 9.97 Å². The number of ether oxygens (including phenoxy) is 2. The normalized spacial score (nSPS) is 18.5. The molecule has 0 unspecified atom stereocenters. The molecule has 33 heavy (non-hydrogen) atoms. The van der Waals surface area contributed by atoms with Crippen molar-refractivity contribution in [2.45, 2.75) is 26.1 Å². The van der Waals surface area contributed by atoms with Gasteiger partial charge in [0.1, 0.15) is 17.4 Å². The number of morpholine rings is 1. The van der Waals surface area contributed by atoms with Crippen molar-refractivity contribution in [2.24, 2.45) is 0 Å². The maximum absolute atomic E-state index is 13.4. The number of nitrogens with zero attached hydrogens (tertiary/aromatic N) is 3. The summed E-state index contributed by atoms with van der Waals surface area (Å²) in [6, 6.07) is 16.5. The Morgan fingerprint density at radius 2 is 1.61 bits per heavy atom. The van der Waals surface area contributed by atoms with Gasteiger partial charge in [0.2, 0.25) is 0 Å². The summed E-state index contributed by atoms with van der Waals surface area (Å²) in [7, 11) is 1.67. The molecule has 2 atom stereocenters. The molecule has 2 aromatic carbocycles. The maximum Gasteiger partial charge on any atom is 0.137 e. The number of halogens is 1. The lowest BCUT2D eigenvalue weighted by atomic mass is 9.99. The molecule has 3 heterocycles. The third kappa shape index (κ3) is 4.14. The zero-order valence-corrected chi connectivity index (χ0v) is 19.0. The van der Waals surface area contributed by atoms with Gasteiger partial charge < -0.3 is 14.4 Å². The Labute approximate surface area is 192 Å². The second kappa shape index (κ2) is 8.79. The van der Waals surface area contributed by atoms with Gasteiger partial charge in [0.15, 0.2) is 0 Å². The molecule has 0 spiro atoms. The van der Waals surface area contributed by atoms with E-state index >= 15 is 0 Å². The van der Waals surface area contributed by atoms with E-state index < -0.39 is 0 Å². The van der Waals surface area contributed by atoms with Crippen molar-refractivity contribution in [2.75, 3.05) is 25.1 Å². The van der Waals surface area contributed by atoms with Crippen LogP contribution in [0.4, 0.5) is 10.2 Å². The Kier molecular flexibility index (Phi) is 5.68. The predicted octanol–water partition coefficient (Wildman–Crippen LogP) is 5.73. The van der Waals surface area contributed by atoms with Gasteiger partial charge in [-0.15, -0.1) is 0 Å². The number of anilines is 1. The Bertz CT molecular complexity index is 1270. The minimum absolute atomic E-state index is 0.176. The molecular formula is C27H26FN3O2. The smallest absolute Gasteiger partial charge is 0.137 e. The third-order valence-electron chi connectivity index (χ3n) is 6.01. The monoisotopic (exact) mass is 443 g/mol. The van der Waals surface area contributed by atoms with E-state index in [0.29, 0.717) is 0 Å². The molecule has 1 saturated heterocycles. The van der Waals surface area contributed by atoms with Crippen LogP contribution in [-0.4, -0.2) is 42.4 Å². The lowest BCUT2D eigenvalue weighted by Crippen LogP contribution is -2.45. The van der Waals surface area contributed by atoms with Crippen molar-refractivity contribution in [3.63, 3.8) is 0 Å². The fourth-order valence-corrected chi connectivity index (χ4v) is 4.58. The van der Waals surface area contributed by atoms with Crippen LogP contribution in [0.5, 0.6) is 5.75 Å². The van der Waals surface area contributed by atoms with Gasteiger partial charge in [-0.25, -0.2) is 9.37 Å². The number of benzene rings is 2. The van der Waals surface area contributed by atoms with Crippen molar-refractivity contribution < 1.29 is 13.9 Å². The molecule has 0 bridgehead atoms. The van der Waals surface area contributed by atoms with Crippen molar-refractivity contribution in [1.29, 1.82) is 0 Å². The number of rotatable bonds is 4. The Balaban J connectivity index is 1.53. The molecule has 0 amide bonds. The first-order chi connectivity index (χ1) is 16.0. The average molecular weight is 444 g/mol. The van der Waals surface area contributed by atoms with Crippen LogP contribution < -0.4 is 9.64 Å². The molecule has 0 saturated carbocycles. The summed E-state index contributed by atoms with van der Waals surface area (Å²) >= 11 is 0. The largest absolute Gasteiger partial charge is 0.495 e. The van der Waals surface area contributed by atoms with Gasteiger partial charge in [-0.05, 0) is 49.7 Å². The van der Waals surface area contributed by atoms with Crippen molar-refractivity contribution >= 4 is 16.7 Å². The highest BCUT2D eigenvalue weighted by atomic mass is 19.1. The number of methoxy groups -OCH3 is 1.